The number of nitrogens with one attached hydrogen (secondary N) is 3. The van der Waals surface area contributed by atoms with Gasteiger partial charge in [-0.15, -0.1) is 0 Å². The van der Waals surface area contributed by atoms with E-state index in [1.54, 1.807) is 17.0 Å². The number of carbonyl (C=O) groups excluding carboxylic acids is 3. The Morgan fingerprint density at radius 1 is 1.04 bits per heavy atom. The molecular formula is C35H42N6O4. The molecule has 3 atom stereocenters. The van der Waals surface area contributed by atoms with Crippen LogP contribution in [0.2, 0.25) is 0 Å². The molecule has 6 N–H and O–H groups in total. The molecule has 3 amide bonds. The lowest BCUT2D eigenvalue weighted by Crippen LogP contribution is -2.56. The summed E-state index contributed by atoms with van der Waals surface area (Å²) in [6.45, 7) is 6.02. The van der Waals surface area contributed by atoms with Gasteiger partial charge in [0.1, 0.15) is 17.6 Å². The molecule has 10 heteroatoms. The number of hydrogen-bond acceptors (Lipinski definition) is 6. The lowest BCUT2D eigenvalue weighted by molar-refractivity contribution is -0.142. The molecule has 0 bridgehead atoms. The van der Waals surface area contributed by atoms with Crippen molar-refractivity contribution >= 4 is 28.8 Å². The summed E-state index contributed by atoms with van der Waals surface area (Å²) >= 11 is 0. The number of nitrogens with zero attached hydrogens (tertiary/aromatic N) is 2. The molecule has 0 saturated heterocycles. The molecule has 0 fully saturated rings. The van der Waals surface area contributed by atoms with E-state index in [-0.39, 0.29) is 29.5 Å². The van der Waals surface area contributed by atoms with Gasteiger partial charge in [0, 0.05) is 26.4 Å². The van der Waals surface area contributed by atoms with Crippen molar-refractivity contribution in [3.63, 3.8) is 0 Å². The van der Waals surface area contributed by atoms with Crippen LogP contribution in [0, 0.1) is 13.8 Å². The quantitative estimate of drug-likeness (QED) is 0.163. The van der Waals surface area contributed by atoms with Crippen molar-refractivity contribution in [2.45, 2.75) is 77.5 Å². The van der Waals surface area contributed by atoms with E-state index in [9.17, 15) is 19.5 Å². The number of aryl methyl sites for hydroxylation is 2. The maximum atomic E-state index is 13.8. The molecule has 10 nitrogen and oxygen atoms in total. The molecular weight excluding hydrogens is 568 g/mol. The predicted octanol–water partition coefficient (Wildman–Crippen LogP) is 3.87. The number of phenolic OH excluding ortho intramolecular Hbond substituents is 1. The molecule has 0 spiro atoms. The van der Waals surface area contributed by atoms with Gasteiger partial charge in [0.15, 0.2) is 0 Å². The molecule has 1 aliphatic rings. The van der Waals surface area contributed by atoms with Crippen molar-refractivity contribution in [1.29, 1.82) is 0 Å². The zero-order chi connectivity index (χ0) is 32.1. The number of rotatable bonds is 11. The van der Waals surface area contributed by atoms with Gasteiger partial charge in [-0.3, -0.25) is 14.4 Å². The van der Waals surface area contributed by atoms with Gasteiger partial charge in [0.25, 0.3) is 0 Å². The Balaban J connectivity index is 1.21. The van der Waals surface area contributed by atoms with Crippen molar-refractivity contribution in [3.8, 4) is 5.75 Å². The number of nitrogens with two attached hydrogens (primary N) is 1. The molecule has 3 unspecified atom stereocenters. The van der Waals surface area contributed by atoms with Crippen molar-refractivity contribution in [2.75, 3.05) is 6.54 Å². The highest BCUT2D eigenvalue weighted by atomic mass is 16.3. The molecule has 0 radical (unpaired) electrons. The number of carbonyl (C=O) groups is 3. The van der Waals surface area contributed by atoms with Crippen LogP contribution in [0.5, 0.6) is 5.75 Å². The van der Waals surface area contributed by atoms with Crippen LogP contribution in [0.1, 0.15) is 65.9 Å². The van der Waals surface area contributed by atoms with Gasteiger partial charge in [-0.1, -0.05) is 36.4 Å². The van der Waals surface area contributed by atoms with Crippen LogP contribution in [-0.2, 0) is 33.8 Å². The lowest BCUT2D eigenvalue weighted by Gasteiger charge is -2.37. The second-order valence-electron chi connectivity index (χ2n) is 12.0. The van der Waals surface area contributed by atoms with Gasteiger partial charge in [0.05, 0.1) is 23.1 Å². The predicted molar refractivity (Wildman–Crippen MR) is 173 cm³/mol. The number of aromatic nitrogens is 2. The third kappa shape index (κ3) is 7.51. The minimum atomic E-state index is -0.837. The summed E-state index contributed by atoms with van der Waals surface area (Å²) in [4.78, 5) is 48.8. The van der Waals surface area contributed by atoms with E-state index in [0.29, 0.717) is 44.6 Å². The average Bonchev–Trinajstić information content (AvgIpc) is 3.45. The number of unbranched alkanes of at least 4 members (excludes halogenated alkanes) is 1. The first-order chi connectivity index (χ1) is 21.6. The molecule has 236 valence electrons. The van der Waals surface area contributed by atoms with Gasteiger partial charge in [0.2, 0.25) is 17.7 Å². The fourth-order valence-corrected chi connectivity index (χ4v) is 6.26. The Kier molecular flexibility index (Phi) is 9.83. The number of hydrogen-bond donors (Lipinski definition) is 5. The third-order valence-electron chi connectivity index (χ3n) is 8.59. The minimum absolute atomic E-state index is 0.134. The number of phenols is 1. The van der Waals surface area contributed by atoms with Crippen LogP contribution >= 0.6 is 0 Å². The number of amides is 3. The van der Waals surface area contributed by atoms with Crippen molar-refractivity contribution in [1.82, 2.24) is 25.5 Å². The highest BCUT2D eigenvalue weighted by Crippen LogP contribution is 2.27. The summed E-state index contributed by atoms with van der Waals surface area (Å²) in [5, 5.41) is 16.0. The number of aromatic amines is 1. The SMILES string of the molecule is CC(=O)NC(CCCCNC(=O)C1Cc2ccccc2CN1C(=O)C(N)Cc1c(C)cc(O)cc1C)c1nc2ccccc2[nH]1. The maximum absolute atomic E-state index is 13.8. The summed E-state index contributed by atoms with van der Waals surface area (Å²) in [7, 11) is 0. The summed E-state index contributed by atoms with van der Waals surface area (Å²) < 4.78 is 0. The van der Waals surface area contributed by atoms with E-state index in [2.05, 4.69) is 20.6 Å². The number of aromatic hydroxyl groups is 1. The minimum Gasteiger partial charge on any atom is -0.508 e. The summed E-state index contributed by atoms with van der Waals surface area (Å²) in [5.41, 5.74) is 13.0. The van der Waals surface area contributed by atoms with Gasteiger partial charge in [-0.25, -0.2) is 4.98 Å². The number of benzene rings is 3. The molecule has 0 aliphatic carbocycles. The molecule has 0 saturated carbocycles. The lowest BCUT2D eigenvalue weighted by atomic mass is 9.91. The molecule has 1 aliphatic heterocycles. The fourth-order valence-electron chi connectivity index (χ4n) is 6.26. The van der Waals surface area contributed by atoms with Gasteiger partial charge >= 0.3 is 0 Å². The summed E-state index contributed by atoms with van der Waals surface area (Å²) in [6, 6.07) is 17.2. The second-order valence-corrected chi connectivity index (χ2v) is 12.0. The van der Waals surface area contributed by atoms with E-state index < -0.39 is 12.1 Å². The Hall–Kier alpha value is -4.70. The van der Waals surface area contributed by atoms with Crippen LogP contribution in [-0.4, -0.2) is 56.3 Å². The molecule has 45 heavy (non-hydrogen) atoms. The number of para-hydroxylation sites is 2. The highest BCUT2D eigenvalue weighted by Gasteiger charge is 2.36. The summed E-state index contributed by atoms with van der Waals surface area (Å²) in [5.74, 6) is 0.265. The monoisotopic (exact) mass is 610 g/mol. The smallest absolute Gasteiger partial charge is 0.243 e. The van der Waals surface area contributed by atoms with Crippen molar-refractivity contribution in [3.05, 3.63) is 94.3 Å². The zero-order valence-corrected chi connectivity index (χ0v) is 26.1. The first kappa shape index (κ1) is 31.7. The fraction of sp³-hybridized carbons (Fsp3) is 0.371. The van der Waals surface area contributed by atoms with Crippen molar-refractivity contribution < 1.29 is 19.5 Å². The van der Waals surface area contributed by atoms with Crippen LogP contribution in [0.3, 0.4) is 0 Å². The largest absolute Gasteiger partial charge is 0.508 e. The first-order valence-corrected chi connectivity index (χ1v) is 15.5. The van der Waals surface area contributed by atoms with Crippen molar-refractivity contribution in [2.24, 2.45) is 5.73 Å². The van der Waals surface area contributed by atoms with E-state index in [1.165, 1.54) is 6.92 Å². The van der Waals surface area contributed by atoms with E-state index >= 15 is 0 Å². The number of fused-ring (bicyclic) bond motifs is 2. The maximum Gasteiger partial charge on any atom is 0.243 e. The Morgan fingerprint density at radius 3 is 2.44 bits per heavy atom. The Labute approximate surface area is 263 Å². The van der Waals surface area contributed by atoms with Crippen LogP contribution in [0.4, 0.5) is 0 Å². The van der Waals surface area contributed by atoms with Gasteiger partial charge in [-0.2, -0.15) is 0 Å². The highest BCUT2D eigenvalue weighted by molar-refractivity contribution is 5.90. The number of H-pyrrole nitrogens is 1. The second kappa shape index (κ2) is 13.9. The Bertz CT molecular complexity index is 1640. The molecule has 1 aromatic heterocycles. The van der Waals surface area contributed by atoms with E-state index in [4.69, 9.17) is 5.73 Å². The topological polar surface area (TPSA) is 153 Å². The van der Waals surface area contributed by atoms with Crippen LogP contribution in [0.25, 0.3) is 11.0 Å². The molecule has 2 heterocycles. The van der Waals surface area contributed by atoms with Crippen LogP contribution in [0.15, 0.2) is 60.7 Å². The van der Waals surface area contributed by atoms with Gasteiger partial charge < -0.3 is 31.4 Å². The average molecular weight is 611 g/mol. The first-order valence-electron chi connectivity index (χ1n) is 15.5. The summed E-state index contributed by atoms with van der Waals surface area (Å²) in [6.07, 6.45) is 2.81. The molecule has 3 aromatic carbocycles. The third-order valence-corrected chi connectivity index (χ3v) is 8.59. The van der Waals surface area contributed by atoms with E-state index in [1.807, 2.05) is 62.4 Å². The standard InChI is InChI=1S/C35H42N6O4/c1-21-16-26(43)17-22(2)27(21)19-28(36)35(45)41-20-25-11-5-4-10-24(25)18-32(41)34(44)37-15-9-8-14-31(38-23(3)42)33-39-29-12-6-7-13-30(29)40-33/h4-7,10-13,16-17,28,31-32,43H,8-9,14-15,18-20,36H2,1-3H3,(H,37,44)(H,38,42)(H,39,40). The van der Waals surface area contributed by atoms with Gasteiger partial charge in [-0.05, 0) is 91.6 Å². The van der Waals surface area contributed by atoms with Crippen LogP contribution < -0.4 is 16.4 Å². The Morgan fingerprint density at radius 2 is 1.73 bits per heavy atom. The van der Waals surface area contributed by atoms with E-state index in [0.717, 1.165) is 45.3 Å². The zero-order valence-electron chi connectivity index (χ0n) is 26.1. The number of imidazole rings is 1. The molecule has 5 rings (SSSR count). The molecule has 4 aromatic rings. The normalized spacial score (nSPS) is 15.7.